The van der Waals surface area contributed by atoms with Gasteiger partial charge in [-0.05, 0) is 0 Å². The van der Waals surface area contributed by atoms with Gasteiger partial charge < -0.3 is 9.30 Å². The lowest BCUT2D eigenvalue weighted by molar-refractivity contribution is 1.45. The van der Waals surface area contributed by atoms with Crippen molar-refractivity contribution >= 4 is 56.3 Å². The quantitative estimate of drug-likeness (QED) is 0.455. The SMILES string of the molecule is [SiH3]N[SiH2]N[Si]([SiH3])([SiH3])[SiH3]. The minimum atomic E-state index is -0.490. The molecule has 0 spiro atoms. The van der Waals surface area contributed by atoms with E-state index in [1.807, 2.05) is 0 Å². The van der Waals surface area contributed by atoms with E-state index in [2.05, 4.69) is 9.30 Å². The molecule has 0 aliphatic heterocycles. The number of rotatable bonds is 3. The van der Waals surface area contributed by atoms with E-state index in [9.17, 15) is 0 Å². The molecule has 0 rings (SSSR count). The zero-order chi connectivity index (χ0) is 6.62. The first-order valence-electron chi connectivity index (χ1n) is 2.96. The van der Waals surface area contributed by atoms with Gasteiger partial charge in [0.2, 0.25) is 0 Å². The number of hydrogen-bond acceptors (Lipinski definition) is 2. The third-order valence-electron chi connectivity index (χ3n) is 0.795. The van der Waals surface area contributed by atoms with Crippen molar-refractivity contribution < 1.29 is 0 Å². The molecule has 0 radical (unpaired) electrons. The van der Waals surface area contributed by atoms with Crippen LogP contribution in [0.25, 0.3) is 0 Å². The molecule has 0 aromatic carbocycles. The molecule has 0 aromatic heterocycles. The van der Waals surface area contributed by atoms with Gasteiger partial charge in [0, 0.05) is 29.3 Å². The van der Waals surface area contributed by atoms with Gasteiger partial charge in [0.1, 0.15) is 0 Å². The molecular formula is H16N2Si6. The van der Waals surface area contributed by atoms with Crippen molar-refractivity contribution in [2.24, 2.45) is 0 Å². The zero-order valence-corrected chi connectivity index (χ0v) is 16.6. The lowest BCUT2D eigenvalue weighted by atomic mass is 13.8. The highest BCUT2D eigenvalue weighted by Gasteiger charge is 2.09. The van der Waals surface area contributed by atoms with Crippen LogP contribution in [0.2, 0.25) is 0 Å². The van der Waals surface area contributed by atoms with E-state index in [1.165, 1.54) is 39.7 Å². The van der Waals surface area contributed by atoms with Crippen molar-refractivity contribution in [1.29, 1.82) is 0 Å². The zero-order valence-electron chi connectivity index (χ0n) is 6.21. The first-order chi connectivity index (χ1) is 3.56. The average molecular weight is 213 g/mol. The summed E-state index contributed by atoms with van der Waals surface area (Å²) in [4.78, 5) is 0. The maximum atomic E-state index is 3.76. The molecule has 2 N–H and O–H groups in total. The van der Waals surface area contributed by atoms with Crippen LogP contribution in [-0.4, -0.2) is 56.3 Å². The van der Waals surface area contributed by atoms with E-state index in [1.54, 1.807) is 0 Å². The van der Waals surface area contributed by atoms with Crippen molar-refractivity contribution in [2.45, 2.75) is 0 Å². The van der Waals surface area contributed by atoms with E-state index in [-0.39, 0.29) is 9.84 Å². The van der Waals surface area contributed by atoms with Gasteiger partial charge in [0.05, 0.1) is 17.2 Å². The van der Waals surface area contributed by atoms with Crippen LogP contribution in [0.5, 0.6) is 0 Å². The first-order valence-corrected chi connectivity index (χ1v) is 17.9. The first kappa shape index (κ1) is 9.22. The van der Waals surface area contributed by atoms with Gasteiger partial charge in [-0.3, -0.25) is 0 Å². The van der Waals surface area contributed by atoms with Gasteiger partial charge in [0.25, 0.3) is 0 Å². The summed E-state index contributed by atoms with van der Waals surface area (Å²) in [7, 11) is 5.76. The van der Waals surface area contributed by atoms with Gasteiger partial charge in [-0.1, -0.05) is 0 Å². The fourth-order valence-electron chi connectivity index (χ4n) is 0.354. The summed E-state index contributed by atoms with van der Waals surface area (Å²) < 4.78 is 7.15. The monoisotopic (exact) mass is 212 g/mol. The lowest BCUT2D eigenvalue weighted by Crippen LogP contribution is -2.58. The van der Waals surface area contributed by atoms with E-state index in [0.717, 1.165) is 0 Å². The van der Waals surface area contributed by atoms with Crippen molar-refractivity contribution in [3.8, 4) is 0 Å². The molecule has 0 aromatic rings. The minimum absolute atomic E-state index is 0.0451. The normalized spacial score (nSPS) is 21.0. The molecule has 0 saturated heterocycles. The predicted octanol–water partition coefficient (Wildman–Crippen LogP) is -7.02. The van der Waals surface area contributed by atoms with Crippen LogP contribution in [0.3, 0.4) is 0 Å². The number of hydrogen-bond donors (Lipinski definition) is 2. The summed E-state index contributed by atoms with van der Waals surface area (Å²) in [5.41, 5.74) is 0. The Morgan fingerprint density at radius 1 is 1.25 bits per heavy atom. The molecule has 0 fully saturated rings. The molecule has 0 aliphatic rings. The molecule has 0 atom stereocenters. The van der Waals surface area contributed by atoms with Crippen LogP contribution in [0.15, 0.2) is 0 Å². The Bertz CT molecular complexity index is 54.0. The van der Waals surface area contributed by atoms with Crippen LogP contribution in [-0.2, 0) is 0 Å². The van der Waals surface area contributed by atoms with Gasteiger partial charge in [-0.2, -0.15) is 0 Å². The van der Waals surface area contributed by atoms with Gasteiger partial charge >= 0.3 is 0 Å². The van der Waals surface area contributed by atoms with E-state index < -0.39 is 6.79 Å². The fourth-order valence-corrected chi connectivity index (χ4v) is 9.55. The Hall–Kier alpha value is 1.22. The highest BCUT2D eigenvalue weighted by Crippen LogP contribution is 1.67. The predicted molar refractivity (Wildman–Crippen MR) is 60.3 cm³/mol. The molecule has 0 heterocycles. The molecule has 0 saturated carbocycles. The molecule has 8 heteroatoms. The van der Waals surface area contributed by atoms with Crippen LogP contribution in [0.1, 0.15) is 0 Å². The smallest absolute Gasteiger partial charge is 0.153 e. The third-order valence-corrected chi connectivity index (χ3v) is 16.7. The largest absolute Gasteiger partial charge is 0.360 e. The summed E-state index contributed by atoms with van der Waals surface area (Å²) in [6, 6.07) is 0. The summed E-state index contributed by atoms with van der Waals surface area (Å²) in [5, 5.41) is 0. The maximum absolute atomic E-state index is 3.76. The Labute approximate surface area is 65.8 Å². The minimum Gasteiger partial charge on any atom is -0.360 e. The summed E-state index contributed by atoms with van der Waals surface area (Å²) in [6.45, 7) is -0.490. The van der Waals surface area contributed by atoms with Crippen molar-refractivity contribution in [1.82, 2.24) is 9.30 Å². The molecule has 2 nitrogen and oxygen atoms in total. The van der Waals surface area contributed by atoms with Crippen molar-refractivity contribution in [3.63, 3.8) is 0 Å². The Morgan fingerprint density at radius 2 is 1.75 bits per heavy atom. The fraction of sp³-hybridized carbons (Fsp3) is 0. The van der Waals surface area contributed by atoms with Gasteiger partial charge in [-0.15, -0.1) is 0 Å². The Morgan fingerprint density at radius 3 is 1.88 bits per heavy atom. The lowest BCUT2D eigenvalue weighted by Gasteiger charge is -2.17. The van der Waals surface area contributed by atoms with E-state index in [0.29, 0.717) is 0 Å². The standard InChI is InChI=1S/H16N2Si6/c3-1-7-2-8(4,5)6/h1-2H,7H2,3-6H3. The summed E-state index contributed by atoms with van der Waals surface area (Å²) in [5.74, 6) is 0. The Kier molecular flexibility index (Phi) is 4.73. The van der Waals surface area contributed by atoms with Crippen LogP contribution < -0.4 is 9.30 Å². The second-order valence-corrected chi connectivity index (χ2v) is 52.6. The third kappa shape index (κ3) is 7.22. The van der Waals surface area contributed by atoms with Crippen LogP contribution in [0.4, 0.5) is 0 Å². The molecule has 0 bridgehead atoms. The van der Waals surface area contributed by atoms with Crippen LogP contribution >= 0.6 is 0 Å². The molecule has 8 heavy (non-hydrogen) atoms. The summed E-state index contributed by atoms with van der Waals surface area (Å²) in [6.07, 6.45) is 0. The van der Waals surface area contributed by atoms with Crippen molar-refractivity contribution in [3.05, 3.63) is 0 Å². The molecule has 0 amide bonds. The Balaban J connectivity index is 3.11. The average Bonchev–Trinajstić information content (AvgIpc) is 1.59. The highest BCUT2D eigenvalue weighted by molar-refractivity contribution is 7.59. The van der Waals surface area contributed by atoms with Crippen LogP contribution in [0, 0.1) is 0 Å². The van der Waals surface area contributed by atoms with Gasteiger partial charge in [-0.25, -0.2) is 0 Å². The summed E-state index contributed by atoms with van der Waals surface area (Å²) >= 11 is 0. The highest BCUT2D eigenvalue weighted by atomic mass is 29.9. The molecular weight excluding hydrogens is 197 g/mol. The molecule has 0 unspecified atom stereocenters. The molecule has 0 aliphatic carbocycles. The topological polar surface area (TPSA) is 24.1 Å². The number of nitrogens with one attached hydrogen (secondary N) is 2. The van der Waals surface area contributed by atoms with Crippen molar-refractivity contribution in [2.75, 3.05) is 0 Å². The van der Waals surface area contributed by atoms with E-state index >= 15 is 0 Å². The second kappa shape index (κ2) is 4.10. The van der Waals surface area contributed by atoms with Gasteiger partial charge in [0.15, 0.2) is 9.84 Å². The van der Waals surface area contributed by atoms with E-state index in [4.69, 9.17) is 0 Å². The molecule has 50 valence electrons. The second-order valence-electron chi connectivity index (χ2n) is 2.96. The maximum Gasteiger partial charge on any atom is 0.153 e.